The third kappa shape index (κ3) is 3.74. The van der Waals surface area contributed by atoms with Crippen molar-refractivity contribution in [2.45, 2.75) is 65.0 Å². The molecule has 16 heavy (non-hydrogen) atoms. The van der Waals surface area contributed by atoms with E-state index in [1.165, 1.54) is 51.7 Å². The molecule has 1 saturated heterocycles. The summed E-state index contributed by atoms with van der Waals surface area (Å²) in [5.74, 6) is 0. The van der Waals surface area contributed by atoms with Crippen molar-refractivity contribution in [1.29, 1.82) is 0 Å². The Labute approximate surface area is 101 Å². The van der Waals surface area contributed by atoms with Gasteiger partial charge in [0.1, 0.15) is 0 Å². The molecule has 1 aliphatic heterocycles. The maximum Gasteiger partial charge on any atom is 0.00790 e. The van der Waals surface area contributed by atoms with Crippen molar-refractivity contribution in [3.63, 3.8) is 0 Å². The van der Waals surface area contributed by atoms with E-state index in [0.717, 1.165) is 12.1 Å². The van der Waals surface area contributed by atoms with E-state index >= 15 is 0 Å². The highest BCUT2D eigenvalue weighted by molar-refractivity contribution is 4.83. The van der Waals surface area contributed by atoms with Crippen LogP contribution in [0.25, 0.3) is 0 Å². The maximum absolute atomic E-state index is 3.62. The third-order valence-corrected chi connectivity index (χ3v) is 4.35. The second-order valence-corrected chi connectivity index (χ2v) is 6.57. The fourth-order valence-corrected chi connectivity index (χ4v) is 2.54. The van der Waals surface area contributed by atoms with Gasteiger partial charge in [0, 0.05) is 12.1 Å². The van der Waals surface area contributed by atoms with Gasteiger partial charge in [0.15, 0.2) is 0 Å². The van der Waals surface area contributed by atoms with Crippen LogP contribution in [0.4, 0.5) is 0 Å². The molecule has 0 aromatic carbocycles. The molecule has 0 spiro atoms. The van der Waals surface area contributed by atoms with Crippen LogP contribution < -0.4 is 5.32 Å². The first kappa shape index (κ1) is 12.4. The van der Waals surface area contributed by atoms with E-state index in [2.05, 4.69) is 31.0 Å². The SMILES string of the molecule is CC(CCNC1CC1)N1CCC(C)(C)CC1. The second kappa shape index (κ2) is 5.05. The summed E-state index contributed by atoms with van der Waals surface area (Å²) in [5.41, 5.74) is 0.586. The van der Waals surface area contributed by atoms with Crippen LogP contribution in [-0.2, 0) is 0 Å². The summed E-state index contributed by atoms with van der Waals surface area (Å²) in [5, 5.41) is 3.62. The Morgan fingerprint density at radius 1 is 1.25 bits per heavy atom. The first-order valence-corrected chi connectivity index (χ1v) is 7.04. The zero-order valence-corrected chi connectivity index (χ0v) is 11.3. The summed E-state index contributed by atoms with van der Waals surface area (Å²) in [6, 6.07) is 1.63. The quantitative estimate of drug-likeness (QED) is 0.772. The van der Waals surface area contributed by atoms with Crippen molar-refractivity contribution < 1.29 is 0 Å². The molecule has 1 aliphatic carbocycles. The lowest BCUT2D eigenvalue weighted by Gasteiger charge is -2.40. The Morgan fingerprint density at radius 3 is 2.44 bits per heavy atom. The first-order valence-electron chi connectivity index (χ1n) is 7.04. The highest BCUT2D eigenvalue weighted by Crippen LogP contribution is 2.30. The Morgan fingerprint density at radius 2 is 1.88 bits per heavy atom. The monoisotopic (exact) mass is 224 g/mol. The Bertz CT molecular complexity index is 211. The van der Waals surface area contributed by atoms with Crippen molar-refractivity contribution >= 4 is 0 Å². The predicted octanol–water partition coefficient (Wildman–Crippen LogP) is 2.64. The lowest BCUT2D eigenvalue weighted by atomic mass is 9.82. The molecule has 1 heterocycles. The minimum Gasteiger partial charge on any atom is -0.314 e. The molecule has 0 aromatic heterocycles. The second-order valence-electron chi connectivity index (χ2n) is 6.57. The molecule has 0 aromatic rings. The summed E-state index contributed by atoms with van der Waals surface area (Å²) < 4.78 is 0. The number of nitrogens with zero attached hydrogens (tertiary/aromatic N) is 1. The zero-order chi connectivity index (χ0) is 11.6. The number of piperidine rings is 1. The van der Waals surface area contributed by atoms with Crippen LogP contribution in [-0.4, -0.2) is 36.6 Å². The van der Waals surface area contributed by atoms with Gasteiger partial charge in [0.05, 0.1) is 0 Å². The number of nitrogens with one attached hydrogen (secondary N) is 1. The predicted molar refractivity (Wildman–Crippen MR) is 69.7 cm³/mol. The van der Waals surface area contributed by atoms with Gasteiger partial charge in [-0.2, -0.15) is 0 Å². The molecule has 1 N–H and O–H groups in total. The van der Waals surface area contributed by atoms with Crippen LogP contribution in [0, 0.1) is 5.41 Å². The minimum atomic E-state index is 0.586. The molecule has 2 rings (SSSR count). The van der Waals surface area contributed by atoms with Gasteiger partial charge in [0.2, 0.25) is 0 Å². The van der Waals surface area contributed by atoms with Gasteiger partial charge in [-0.25, -0.2) is 0 Å². The van der Waals surface area contributed by atoms with Gasteiger partial charge >= 0.3 is 0 Å². The smallest absolute Gasteiger partial charge is 0.00790 e. The molecule has 1 atom stereocenters. The fraction of sp³-hybridized carbons (Fsp3) is 1.00. The van der Waals surface area contributed by atoms with Crippen molar-refractivity contribution in [1.82, 2.24) is 10.2 Å². The average molecular weight is 224 g/mol. The van der Waals surface area contributed by atoms with Crippen molar-refractivity contribution in [3.05, 3.63) is 0 Å². The molecule has 0 radical (unpaired) electrons. The van der Waals surface area contributed by atoms with Gasteiger partial charge in [0.25, 0.3) is 0 Å². The van der Waals surface area contributed by atoms with Gasteiger partial charge in [-0.3, -0.25) is 0 Å². The fourth-order valence-electron chi connectivity index (χ4n) is 2.54. The van der Waals surface area contributed by atoms with Crippen LogP contribution in [0.5, 0.6) is 0 Å². The van der Waals surface area contributed by atoms with Crippen LogP contribution in [0.2, 0.25) is 0 Å². The highest BCUT2D eigenvalue weighted by Gasteiger charge is 2.27. The molecular weight excluding hydrogens is 196 g/mol. The Kier molecular flexibility index (Phi) is 3.91. The summed E-state index contributed by atoms with van der Waals surface area (Å²) in [6.07, 6.45) is 6.87. The molecule has 2 nitrogen and oxygen atoms in total. The van der Waals surface area contributed by atoms with E-state index in [1.807, 2.05) is 0 Å². The van der Waals surface area contributed by atoms with E-state index in [-0.39, 0.29) is 0 Å². The topological polar surface area (TPSA) is 15.3 Å². The molecule has 2 aliphatic rings. The van der Waals surface area contributed by atoms with Crippen LogP contribution >= 0.6 is 0 Å². The molecule has 1 unspecified atom stereocenters. The molecule has 94 valence electrons. The van der Waals surface area contributed by atoms with Crippen LogP contribution in [0.1, 0.15) is 52.9 Å². The van der Waals surface area contributed by atoms with Gasteiger partial charge in [-0.05, 0) is 64.1 Å². The van der Waals surface area contributed by atoms with Crippen molar-refractivity contribution in [2.24, 2.45) is 5.41 Å². The Balaban J connectivity index is 1.62. The van der Waals surface area contributed by atoms with Crippen LogP contribution in [0.3, 0.4) is 0 Å². The van der Waals surface area contributed by atoms with E-state index in [9.17, 15) is 0 Å². The maximum atomic E-state index is 3.62. The summed E-state index contributed by atoms with van der Waals surface area (Å²) >= 11 is 0. The molecule has 2 heteroatoms. The number of hydrogen-bond acceptors (Lipinski definition) is 2. The third-order valence-electron chi connectivity index (χ3n) is 4.35. The summed E-state index contributed by atoms with van der Waals surface area (Å²) in [6.45, 7) is 11.0. The van der Waals surface area contributed by atoms with Crippen LogP contribution in [0.15, 0.2) is 0 Å². The number of rotatable bonds is 5. The molecule has 0 bridgehead atoms. The largest absolute Gasteiger partial charge is 0.314 e. The normalized spacial score (nSPS) is 27.9. The Hall–Kier alpha value is -0.0800. The summed E-state index contributed by atoms with van der Waals surface area (Å²) in [4.78, 5) is 2.68. The lowest BCUT2D eigenvalue weighted by molar-refractivity contribution is 0.0968. The first-order chi connectivity index (χ1) is 7.57. The van der Waals surface area contributed by atoms with Crippen molar-refractivity contribution in [3.8, 4) is 0 Å². The van der Waals surface area contributed by atoms with E-state index in [0.29, 0.717) is 5.41 Å². The highest BCUT2D eigenvalue weighted by atomic mass is 15.2. The molecular formula is C14H28N2. The van der Waals surface area contributed by atoms with Gasteiger partial charge in [-0.1, -0.05) is 13.8 Å². The standard InChI is InChI=1S/C14H28N2/c1-12(6-9-15-13-4-5-13)16-10-7-14(2,3)8-11-16/h12-13,15H,4-11H2,1-3H3. The lowest BCUT2D eigenvalue weighted by Crippen LogP contribution is -2.43. The molecule has 0 amide bonds. The minimum absolute atomic E-state index is 0.586. The number of likely N-dealkylation sites (tertiary alicyclic amines) is 1. The summed E-state index contributed by atoms with van der Waals surface area (Å²) in [7, 11) is 0. The van der Waals surface area contributed by atoms with Gasteiger partial charge in [-0.15, -0.1) is 0 Å². The molecule has 1 saturated carbocycles. The van der Waals surface area contributed by atoms with E-state index in [1.54, 1.807) is 0 Å². The average Bonchev–Trinajstić information content (AvgIpc) is 3.01. The van der Waals surface area contributed by atoms with E-state index < -0.39 is 0 Å². The molecule has 2 fully saturated rings. The van der Waals surface area contributed by atoms with Crippen molar-refractivity contribution in [2.75, 3.05) is 19.6 Å². The zero-order valence-electron chi connectivity index (χ0n) is 11.3. The van der Waals surface area contributed by atoms with Gasteiger partial charge < -0.3 is 10.2 Å². The number of hydrogen-bond donors (Lipinski definition) is 1. The van der Waals surface area contributed by atoms with E-state index in [4.69, 9.17) is 0 Å².